The Kier molecular flexibility index (Phi) is 7.47. The van der Waals surface area contributed by atoms with E-state index in [1.165, 1.54) is 0 Å². The minimum Gasteiger partial charge on any atom is -0.492 e. The number of alkyl halides is 3. The smallest absolute Gasteiger partial charge is 0.416 e. The first-order chi connectivity index (χ1) is 11.1. The molecule has 8 heteroatoms. The second-order valence-corrected chi connectivity index (χ2v) is 5.97. The van der Waals surface area contributed by atoms with Gasteiger partial charge in [0.25, 0.3) is 0 Å². The molecule has 1 aromatic rings. The van der Waals surface area contributed by atoms with Gasteiger partial charge in [-0.15, -0.1) is 0 Å². The summed E-state index contributed by atoms with van der Waals surface area (Å²) >= 11 is 0. The molecular weight excluding hydrogens is 328 g/mol. The van der Waals surface area contributed by atoms with Crippen LogP contribution in [0.15, 0.2) is 18.2 Å². The predicted octanol–water partition coefficient (Wildman–Crippen LogP) is 3.10. The molecule has 136 valence electrons. The van der Waals surface area contributed by atoms with Gasteiger partial charge in [0.1, 0.15) is 18.2 Å². The third-order valence-electron chi connectivity index (χ3n) is 3.11. The Morgan fingerprint density at radius 2 is 1.96 bits per heavy atom. The average Bonchev–Trinajstić information content (AvgIpc) is 2.41. The van der Waals surface area contributed by atoms with E-state index in [1.54, 1.807) is 0 Å². The molecule has 0 aliphatic rings. The maximum Gasteiger partial charge on any atom is 0.416 e. The van der Waals surface area contributed by atoms with Gasteiger partial charge >= 0.3 is 6.18 Å². The molecular formula is C16H22F4N2O2. The van der Waals surface area contributed by atoms with Crippen LogP contribution in [0.4, 0.5) is 17.6 Å². The first kappa shape index (κ1) is 20.2. The molecule has 0 radical (unpaired) electrons. The molecule has 24 heavy (non-hydrogen) atoms. The van der Waals surface area contributed by atoms with Gasteiger partial charge in [0.2, 0.25) is 5.91 Å². The molecule has 0 fully saturated rings. The van der Waals surface area contributed by atoms with Crippen molar-refractivity contribution in [2.45, 2.75) is 38.9 Å². The Morgan fingerprint density at radius 3 is 2.54 bits per heavy atom. The number of benzene rings is 1. The van der Waals surface area contributed by atoms with Crippen LogP contribution >= 0.6 is 0 Å². The summed E-state index contributed by atoms with van der Waals surface area (Å²) in [6.07, 6.45) is -3.77. The lowest BCUT2D eigenvalue weighted by Gasteiger charge is -2.14. The molecule has 1 unspecified atom stereocenters. The highest BCUT2D eigenvalue weighted by molar-refractivity contribution is 5.76. The SMILES string of the molecule is CC(C)CC(N)CC(=O)NCCOc1cc(F)cc(C(F)(F)F)c1. The van der Waals surface area contributed by atoms with Gasteiger partial charge in [-0.2, -0.15) is 13.2 Å². The number of amides is 1. The van der Waals surface area contributed by atoms with Crippen LogP contribution < -0.4 is 15.8 Å². The van der Waals surface area contributed by atoms with E-state index in [9.17, 15) is 22.4 Å². The third kappa shape index (κ3) is 7.63. The molecule has 0 aliphatic carbocycles. The van der Waals surface area contributed by atoms with Crippen molar-refractivity contribution < 1.29 is 27.1 Å². The van der Waals surface area contributed by atoms with Gasteiger partial charge in [0.05, 0.1) is 12.1 Å². The van der Waals surface area contributed by atoms with Crippen molar-refractivity contribution in [3.05, 3.63) is 29.6 Å². The summed E-state index contributed by atoms with van der Waals surface area (Å²) in [7, 11) is 0. The van der Waals surface area contributed by atoms with Gasteiger partial charge < -0.3 is 15.8 Å². The van der Waals surface area contributed by atoms with Gasteiger partial charge in [-0.05, 0) is 24.5 Å². The molecule has 0 heterocycles. The third-order valence-corrected chi connectivity index (χ3v) is 3.11. The Hall–Kier alpha value is -1.83. The zero-order valence-corrected chi connectivity index (χ0v) is 13.6. The molecule has 0 saturated heterocycles. The van der Waals surface area contributed by atoms with Crippen molar-refractivity contribution >= 4 is 5.91 Å². The zero-order valence-electron chi connectivity index (χ0n) is 13.6. The van der Waals surface area contributed by atoms with E-state index in [0.717, 1.165) is 6.07 Å². The summed E-state index contributed by atoms with van der Waals surface area (Å²) in [4.78, 5) is 11.6. The number of nitrogens with two attached hydrogens (primary N) is 1. The number of halogens is 4. The monoisotopic (exact) mass is 350 g/mol. The second-order valence-electron chi connectivity index (χ2n) is 5.97. The molecule has 1 rings (SSSR count). The number of hydrogen-bond donors (Lipinski definition) is 2. The van der Waals surface area contributed by atoms with Crippen molar-refractivity contribution in [3.63, 3.8) is 0 Å². The topological polar surface area (TPSA) is 64.4 Å². The fourth-order valence-corrected chi connectivity index (χ4v) is 2.17. The first-order valence-electron chi connectivity index (χ1n) is 7.60. The van der Waals surface area contributed by atoms with Crippen molar-refractivity contribution in [3.8, 4) is 5.75 Å². The van der Waals surface area contributed by atoms with E-state index in [-0.39, 0.29) is 37.3 Å². The lowest BCUT2D eigenvalue weighted by molar-refractivity contribution is -0.137. The highest BCUT2D eigenvalue weighted by Gasteiger charge is 2.31. The summed E-state index contributed by atoms with van der Waals surface area (Å²) in [5.41, 5.74) is 4.68. The molecule has 0 saturated carbocycles. The van der Waals surface area contributed by atoms with Crippen molar-refractivity contribution in [2.24, 2.45) is 11.7 Å². The Morgan fingerprint density at radius 1 is 1.29 bits per heavy atom. The second kappa shape index (κ2) is 8.86. The maximum absolute atomic E-state index is 13.2. The summed E-state index contributed by atoms with van der Waals surface area (Å²) in [5, 5.41) is 2.56. The number of hydrogen-bond acceptors (Lipinski definition) is 3. The highest BCUT2D eigenvalue weighted by atomic mass is 19.4. The predicted molar refractivity (Wildman–Crippen MR) is 82.0 cm³/mol. The fraction of sp³-hybridized carbons (Fsp3) is 0.562. The van der Waals surface area contributed by atoms with Crippen LogP contribution in [0, 0.1) is 11.7 Å². The van der Waals surface area contributed by atoms with Crippen LogP contribution in [0.25, 0.3) is 0 Å². The first-order valence-corrected chi connectivity index (χ1v) is 7.60. The minimum atomic E-state index is -4.65. The Labute approximate surface area is 138 Å². The average molecular weight is 350 g/mol. The number of ether oxygens (including phenoxy) is 1. The van der Waals surface area contributed by atoms with Crippen LogP contribution in [-0.2, 0) is 11.0 Å². The lowest BCUT2D eigenvalue weighted by Crippen LogP contribution is -2.34. The van der Waals surface area contributed by atoms with Crippen LogP contribution in [0.2, 0.25) is 0 Å². The normalized spacial score (nSPS) is 13.0. The van der Waals surface area contributed by atoms with E-state index in [0.29, 0.717) is 24.5 Å². The molecule has 4 nitrogen and oxygen atoms in total. The summed E-state index contributed by atoms with van der Waals surface area (Å²) in [6.45, 7) is 4.01. The van der Waals surface area contributed by atoms with Crippen molar-refractivity contribution in [1.29, 1.82) is 0 Å². The summed E-state index contributed by atoms with van der Waals surface area (Å²) in [5.74, 6) is -1.16. The fourth-order valence-electron chi connectivity index (χ4n) is 2.17. The number of rotatable bonds is 8. The van der Waals surface area contributed by atoms with Gasteiger partial charge in [-0.1, -0.05) is 13.8 Å². The molecule has 0 aliphatic heterocycles. The number of nitrogens with one attached hydrogen (secondary N) is 1. The molecule has 3 N–H and O–H groups in total. The zero-order chi connectivity index (χ0) is 18.3. The number of carbonyl (C=O) groups is 1. The molecule has 0 bridgehead atoms. The van der Waals surface area contributed by atoms with Crippen LogP contribution in [0.3, 0.4) is 0 Å². The minimum absolute atomic E-state index is 0.0775. The van der Waals surface area contributed by atoms with Crippen molar-refractivity contribution in [2.75, 3.05) is 13.2 Å². The summed E-state index contributed by atoms with van der Waals surface area (Å²) in [6, 6.07) is 1.72. The molecule has 1 aromatic carbocycles. The summed E-state index contributed by atoms with van der Waals surface area (Å²) < 4.78 is 55.9. The standard InChI is InChI=1S/C16H22F4N2O2/c1-10(2)5-13(21)9-15(23)22-3-4-24-14-7-11(16(18,19)20)6-12(17)8-14/h6-8,10,13H,3-5,9,21H2,1-2H3,(H,22,23). The molecule has 1 amide bonds. The van der Waals surface area contributed by atoms with Gasteiger partial charge in [-0.3, -0.25) is 4.79 Å². The van der Waals surface area contributed by atoms with Gasteiger partial charge in [0, 0.05) is 18.5 Å². The maximum atomic E-state index is 13.2. The molecule has 1 atom stereocenters. The molecule has 0 spiro atoms. The lowest BCUT2D eigenvalue weighted by atomic mass is 10.0. The Bertz CT molecular complexity index is 547. The van der Waals surface area contributed by atoms with Crippen LogP contribution in [0.5, 0.6) is 5.75 Å². The van der Waals surface area contributed by atoms with Gasteiger partial charge in [0.15, 0.2) is 0 Å². The van der Waals surface area contributed by atoms with Crippen LogP contribution in [-0.4, -0.2) is 25.1 Å². The van der Waals surface area contributed by atoms with E-state index < -0.39 is 17.6 Å². The van der Waals surface area contributed by atoms with E-state index >= 15 is 0 Å². The van der Waals surface area contributed by atoms with Crippen LogP contribution in [0.1, 0.15) is 32.3 Å². The van der Waals surface area contributed by atoms with Gasteiger partial charge in [-0.25, -0.2) is 4.39 Å². The number of carbonyl (C=O) groups excluding carboxylic acids is 1. The quantitative estimate of drug-likeness (QED) is 0.559. The largest absolute Gasteiger partial charge is 0.492 e. The highest BCUT2D eigenvalue weighted by Crippen LogP contribution is 2.32. The van der Waals surface area contributed by atoms with Crippen molar-refractivity contribution in [1.82, 2.24) is 5.32 Å². The van der Waals surface area contributed by atoms with E-state index in [1.807, 2.05) is 13.8 Å². The van der Waals surface area contributed by atoms with E-state index in [2.05, 4.69) is 5.32 Å². The van der Waals surface area contributed by atoms with E-state index in [4.69, 9.17) is 10.5 Å². The Balaban J connectivity index is 2.40. The molecule has 0 aromatic heterocycles.